The summed E-state index contributed by atoms with van der Waals surface area (Å²) in [6.45, 7) is 4.66. The summed E-state index contributed by atoms with van der Waals surface area (Å²) in [4.78, 5) is 0. The van der Waals surface area contributed by atoms with Crippen LogP contribution in [0.1, 0.15) is 44.7 Å². The summed E-state index contributed by atoms with van der Waals surface area (Å²) in [5, 5.41) is 3.40. The number of hydrogen-bond donors (Lipinski definition) is 1. The molecule has 0 amide bonds. The van der Waals surface area contributed by atoms with Crippen LogP contribution in [0.15, 0.2) is 22.7 Å². The van der Waals surface area contributed by atoms with E-state index in [9.17, 15) is 4.39 Å². The van der Waals surface area contributed by atoms with Crippen LogP contribution in [-0.2, 0) is 0 Å². The fourth-order valence-corrected chi connectivity index (χ4v) is 4.20. The largest absolute Gasteiger partial charge is 0.313 e. The van der Waals surface area contributed by atoms with Crippen molar-refractivity contribution in [3.05, 3.63) is 34.1 Å². The number of rotatable bonds is 3. The minimum absolute atomic E-state index is 0.172. The van der Waals surface area contributed by atoms with Crippen molar-refractivity contribution in [3.8, 4) is 0 Å². The Labute approximate surface area is 124 Å². The third-order valence-electron chi connectivity index (χ3n) is 4.31. The number of nitrogens with one attached hydrogen (secondary N) is 1. The molecule has 19 heavy (non-hydrogen) atoms. The molecule has 1 aromatic carbocycles. The van der Waals surface area contributed by atoms with Crippen LogP contribution in [-0.4, -0.2) is 7.05 Å². The first-order chi connectivity index (χ1) is 9.02. The van der Waals surface area contributed by atoms with Crippen LogP contribution in [0.3, 0.4) is 0 Å². The van der Waals surface area contributed by atoms with Gasteiger partial charge in [0.05, 0.1) is 4.47 Å². The van der Waals surface area contributed by atoms with E-state index in [1.54, 1.807) is 6.07 Å². The fraction of sp³-hybridized carbons (Fsp3) is 0.625. The molecule has 0 aromatic heterocycles. The van der Waals surface area contributed by atoms with Crippen LogP contribution < -0.4 is 5.32 Å². The Hall–Kier alpha value is -0.410. The lowest BCUT2D eigenvalue weighted by atomic mass is 9.72. The molecule has 1 saturated carbocycles. The summed E-state index contributed by atoms with van der Waals surface area (Å²) >= 11 is 3.40. The third kappa shape index (κ3) is 3.38. The van der Waals surface area contributed by atoms with E-state index in [0.29, 0.717) is 10.4 Å². The molecule has 1 nitrogen and oxygen atoms in total. The molecule has 0 bridgehead atoms. The van der Waals surface area contributed by atoms with Crippen molar-refractivity contribution >= 4 is 15.9 Å². The zero-order valence-corrected chi connectivity index (χ0v) is 13.5. The SMILES string of the molecule is CNC(c1cccc(F)c1Br)C1CC(C)CC(C)C1. The van der Waals surface area contributed by atoms with Gasteiger partial charge in [0, 0.05) is 6.04 Å². The Balaban J connectivity index is 2.26. The van der Waals surface area contributed by atoms with Gasteiger partial charge in [0.2, 0.25) is 0 Å². The van der Waals surface area contributed by atoms with E-state index < -0.39 is 0 Å². The Kier molecular flexibility index (Phi) is 5.02. The molecule has 106 valence electrons. The molecule has 1 aromatic rings. The van der Waals surface area contributed by atoms with Gasteiger partial charge in [0.15, 0.2) is 0 Å². The minimum Gasteiger partial charge on any atom is -0.313 e. The molecule has 0 spiro atoms. The molecule has 3 heteroatoms. The van der Waals surface area contributed by atoms with E-state index in [2.05, 4.69) is 35.1 Å². The highest BCUT2D eigenvalue weighted by Crippen LogP contribution is 2.41. The zero-order chi connectivity index (χ0) is 14.0. The van der Waals surface area contributed by atoms with Crippen molar-refractivity contribution in [1.29, 1.82) is 0 Å². The third-order valence-corrected chi connectivity index (χ3v) is 5.15. The first kappa shape index (κ1) is 15.0. The van der Waals surface area contributed by atoms with Crippen molar-refractivity contribution in [3.63, 3.8) is 0 Å². The lowest BCUT2D eigenvalue weighted by molar-refractivity contribution is 0.180. The van der Waals surface area contributed by atoms with Gasteiger partial charge in [0.1, 0.15) is 5.82 Å². The maximum Gasteiger partial charge on any atom is 0.137 e. The van der Waals surface area contributed by atoms with Gasteiger partial charge in [-0.05, 0) is 71.6 Å². The van der Waals surface area contributed by atoms with E-state index in [4.69, 9.17) is 0 Å². The maximum absolute atomic E-state index is 13.7. The number of halogens is 2. The predicted molar refractivity (Wildman–Crippen MR) is 81.6 cm³/mol. The van der Waals surface area contributed by atoms with Gasteiger partial charge < -0.3 is 5.32 Å². The Morgan fingerprint density at radius 3 is 2.42 bits per heavy atom. The summed E-state index contributed by atoms with van der Waals surface area (Å²) in [5.41, 5.74) is 1.05. The van der Waals surface area contributed by atoms with Crippen LogP contribution in [0.5, 0.6) is 0 Å². The normalized spacial score (nSPS) is 29.2. The molecule has 1 aliphatic carbocycles. The van der Waals surface area contributed by atoms with Gasteiger partial charge in [0.25, 0.3) is 0 Å². The Morgan fingerprint density at radius 1 is 1.21 bits per heavy atom. The van der Waals surface area contributed by atoms with Crippen LogP contribution >= 0.6 is 15.9 Å². The average molecular weight is 328 g/mol. The second-order valence-corrected chi connectivity index (χ2v) is 6.88. The monoisotopic (exact) mass is 327 g/mol. The molecule has 0 aliphatic heterocycles. The molecule has 1 fully saturated rings. The molecule has 0 saturated heterocycles. The van der Waals surface area contributed by atoms with Gasteiger partial charge >= 0.3 is 0 Å². The molecule has 1 aliphatic rings. The molecule has 2 rings (SSSR count). The van der Waals surface area contributed by atoms with Crippen molar-refractivity contribution in [2.75, 3.05) is 7.05 Å². The minimum atomic E-state index is -0.172. The molecule has 3 atom stereocenters. The van der Waals surface area contributed by atoms with E-state index in [0.717, 1.165) is 17.4 Å². The highest BCUT2D eigenvalue weighted by atomic mass is 79.9. The Morgan fingerprint density at radius 2 is 1.84 bits per heavy atom. The topological polar surface area (TPSA) is 12.0 Å². The quantitative estimate of drug-likeness (QED) is 0.830. The lowest BCUT2D eigenvalue weighted by Gasteiger charge is -2.37. The van der Waals surface area contributed by atoms with Crippen molar-refractivity contribution in [2.45, 2.75) is 39.2 Å². The summed E-state index contributed by atoms with van der Waals surface area (Å²) in [7, 11) is 1.98. The first-order valence-corrected chi connectivity index (χ1v) is 7.93. The van der Waals surface area contributed by atoms with Crippen LogP contribution in [0.25, 0.3) is 0 Å². The standard InChI is InChI=1S/C16H23BrFN/c1-10-7-11(2)9-12(8-10)16(19-3)13-5-4-6-14(18)15(13)17/h4-6,10-12,16,19H,7-9H2,1-3H3. The summed E-state index contributed by atoms with van der Waals surface area (Å²) < 4.78 is 14.3. The summed E-state index contributed by atoms with van der Waals surface area (Å²) in [5.74, 6) is 1.94. The zero-order valence-electron chi connectivity index (χ0n) is 11.9. The van der Waals surface area contributed by atoms with Crippen molar-refractivity contribution < 1.29 is 4.39 Å². The average Bonchev–Trinajstić information content (AvgIpc) is 2.34. The highest BCUT2D eigenvalue weighted by molar-refractivity contribution is 9.10. The van der Waals surface area contributed by atoms with Gasteiger partial charge in [-0.25, -0.2) is 4.39 Å². The smallest absolute Gasteiger partial charge is 0.137 e. The van der Waals surface area contributed by atoms with Gasteiger partial charge in [-0.3, -0.25) is 0 Å². The van der Waals surface area contributed by atoms with Crippen molar-refractivity contribution in [2.24, 2.45) is 17.8 Å². The van der Waals surface area contributed by atoms with Gasteiger partial charge in [-0.2, -0.15) is 0 Å². The number of benzene rings is 1. The molecular formula is C16H23BrFN. The molecular weight excluding hydrogens is 305 g/mol. The Bertz CT molecular complexity index is 425. The second-order valence-electron chi connectivity index (χ2n) is 6.09. The number of hydrogen-bond acceptors (Lipinski definition) is 1. The summed E-state index contributed by atoms with van der Waals surface area (Å²) in [6.07, 6.45) is 3.76. The van der Waals surface area contributed by atoms with Gasteiger partial charge in [-0.1, -0.05) is 26.0 Å². The molecule has 0 heterocycles. The summed E-state index contributed by atoms with van der Waals surface area (Å²) in [6, 6.07) is 5.57. The van der Waals surface area contributed by atoms with Gasteiger partial charge in [-0.15, -0.1) is 0 Å². The first-order valence-electron chi connectivity index (χ1n) is 7.14. The lowest BCUT2D eigenvalue weighted by Crippen LogP contribution is -2.31. The fourth-order valence-electron chi connectivity index (χ4n) is 3.69. The predicted octanol–water partition coefficient (Wildman–Crippen LogP) is 4.92. The maximum atomic E-state index is 13.7. The van der Waals surface area contributed by atoms with Crippen molar-refractivity contribution in [1.82, 2.24) is 5.32 Å². The van der Waals surface area contributed by atoms with E-state index in [1.807, 2.05) is 13.1 Å². The molecule has 1 N–H and O–H groups in total. The van der Waals surface area contributed by atoms with E-state index in [1.165, 1.54) is 25.3 Å². The van der Waals surface area contributed by atoms with Crippen LogP contribution in [0.2, 0.25) is 0 Å². The van der Waals surface area contributed by atoms with E-state index >= 15 is 0 Å². The molecule has 3 unspecified atom stereocenters. The molecule has 0 radical (unpaired) electrons. The van der Waals surface area contributed by atoms with Crippen LogP contribution in [0, 0.1) is 23.6 Å². The highest BCUT2D eigenvalue weighted by Gasteiger charge is 2.31. The second kappa shape index (κ2) is 6.36. The van der Waals surface area contributed by atoms with Crippen LogP contribution in [0.4, 0.5) is 4.39 Å². The van der Waals surface area contributed by atoms with E-state index in [-0.39, 0.29) is 11.9 Å².